The molecular formula is C27H23N5O3. The standard InChI is InChI=1S/C27H23N5O3/c1-17-24(26(34)35-16-19-8-4-3-5-9-19)25(32-27(28-17)29-30-31-32)23-11-7-6-10-22(23)21-14-12-20(13-15-21)18(2)33/h3-15,25H,16H2,1-2H3,(H,28,29,31). The molecule has 5 rings (SSSR count). The van der Waals surface area contributed by atoms with Crippen LogP contribution in [0.3, 0.4) is 0 Å². The number of carbonyl (C=O) groups excluding carboxylic acids is 2. The van der Waals surface area contributed by atoms with Gasteiger partial charge >= 0.3 is 5.97 Å². The van der Waals surface area contributed by atoms with Crippen LogP contribution in [-0.4, -0.2) is 32.0 Å². The predicted octanol–water partition coefficient (Wildman–Crippen LogP) is 4.58. The number of aromatic nitrogens is 4. The smallest absolute Gasteiger partial charge is 0.338 e. The first-order chi connectivity index (χ1) is 17.0. The second kappa shape index (κ2) is 9.34. The maximum atomic E-state index is 13.4. The van der Waals surface area contributed by atoms with E-state index in [1.807, 2.05) is 73.7 Å². The van der Waals surface area contributed by atoms with Crippen molar-refractivity contribution in [1.82, 2.24) is 20.2 Å². The van der Waals surface area contributed by atoms with Crippen LogP contribution in [0.15, 0.2) is 90.1 Å². The van der Waals surface area contributed by atoms with Crippen molar-refractivity contribution in [1.29, 1.82) is 0 Å². The number of nitrogens with zero attached hydrogens (tertiary/aromatic N) is 4. The van der Waals surface area contributed by atoms with Crippen molar-refractivity contribution in [3.05, 3.63) is 107 Å². The number of rotatable bonds is 6. The largest absolute Gasteiger partial charge is 0.457 e. The number of hydrogen-bond donors (Lipinski definition) is 1. The van der Waals surface area contributed by atoms with Gasteiger partial charge in [-0.3, -0.25) is 4.79 Å². The van der Waals surface area contributed by atoms with Gasteiger partial charge in [0.2, 0.25) is 5.95 Å². The fraction of sp³-hybridized carbons (Fsp3) is 0.148. The third-order valence-corrected chi connectivity index (χ3v) is 6.00. The first-order valence-corrected chi connectivity index (χ1v) is 11.2. The molecule has 0 bridgehead atoms. The lowest BCUT2D eigenvalue weighted by Crippen LogP contribution is -2.30. The zero-order valence-electron chi connectivity index (χ0n) is 19.3. The molecule has 0 fully saturated rings. The van der Waals surface area contributed by atoms with Crippen LogP contribution in [0.4, 0.5) is 5.95 Å². The Morgan fingerprint density at radius 3 is 2.43 bits per heavy atom. The van der Waals surface area contributed by atoms with Gasteiger partial charge in [0.25, 0.3) is 0 Å². The second-order valence-corrected chi connectivity index (χ2v) is 8.30. The van der Waals surface area contributed by atoms with Gasteiger partial charge in [-0.05, 0) is 46.5 Å². The molecule has 1 aromatic heterocycles. The van der Waals surface area contributed by atoms with Crippen molar-refractivity contribution in [2.24, 2.45) is 0 Å². The summed E-state index contributed by atoms with van der Waals surface area (Å²) in [4.78, 5) is 25.2. The maximum absolute atomic E-state index is 13.4. The minimum absolute atomic E-state index is 0.00327. The van der Waals surface area contributed by atoms with Gasteiger partial charge in [0, 0.05) is 11.3 Å². The van der Waals surface area contributed by atoms with Gasteiger partial charge in [0.05, 0.1) is 5.57 Å². The summed E-state index contributed by atoms with van der Waals surface area (Å²) in [5, 5.41) is 15.2. The Bertz CT molecular complexity index is 1420. The van der Waals surface area contributed by atoms with Crippen LogP contribution in [0, 0.1) is 0 Å². The van der Waals surface area contributed by atoms with Gasteiger partial charge in [-0.1, -0.05) is 84.0 Å². The van der Waals surface area contributed by atoms with E-state index in [9.17, 15) is 9.59 Å². The van der Waals surface area contributed by atoms with E-state index >= 15 is 0 Å². The van der Waals surface area contributed by atoms with Crippen molar-refractivity contribution >= 4 is 17.7 Å². The lowest BCUT2D eigenvalue weighted by Gasteiger charge is -2.29. The number of allylic oxidation sites excluding steroid dienone is 1. The molecule has 3 aromatic carbocycles. The third-order valence-electron chi connectivity index (χ3n) is 6.00. The number of anilines is 1. The number of ether oxygens (including phenoxy) is 1. The van der Waals surface area contributed by atoms with Crippen LogP contribution < -0.4 is 5.32 Å². The lowest BCUT2D eigenvalue weighted by atomic mass is 9.89. The van der Waals surface area contributed by atoms with Crippen LogP contribution in [0.2, 0.25) is 0 Å². The highest BCUT2D eigenvalue weighted by molar-refractivity contribution is 5.95. The molecule has 8 nitrogen and oxygen atoms in total. The number of nitrogens with one attached hydrogen (secondary N) is 1. The van der Waals surface area contributed by atoms with Gasteiger partial charge in [-0.25, -0.2) is 4.79 Å². The van der Waals surface area contributed by atoms with E-state index in [2.05, 4.69) is 20.8 Å². The summed E-state index contributed by atoms with van der Waals surface area (Å²) in [6.07, 6.45) is 0. The molecule has 1 unspecified atom stereocenters. The zero-order valence-corrected chi connectivity index (χ0v) is 19.3. The van der Waals surface area contributed by atoms with Gasteiger partial charge in [-0.2, -0.15) is 4.68 Å². The molecule has 1 aliphatic heterocycles. The number of tetrazole rings is 1. The molecule has 4 aromatic rings. The van der Waals surface area contributed by atoms with Gasteiger partial charge < -0.3 is 10.1 Å². The quantitative estimate of drug-likeness (QED) is 0.329. The summed E-state index contributed by atoms with van der Waals surface area (Å²) in [5.74, 6) is -0.0101. The van der Waals surface area contributed by atoms with E-state index < -0.39 is 12.0 Å². The first-order valence-electron chi connectivity index (χ1n) is 11.2. The Kier molecular flexibility index (Phi) is 5.93. The molecule has 8 heteroatoms. The molecule has 2 heterocycles. The summed E-state index contributed by atoms with van der Waals surface area (Å²) in [7, 11) is 0. The average molecular weight is 466 g/mol. The molecule has 0 saturated carbocycles. The number of hydrogen-bond acceptors (Lipinski definition) is 7. The monoisotopic (exact) mass is 465 g/mol. The van der Waals surface area contributed by atoms with E-state index in [1.165, 1.54) is 6.92 Å². The molecule has 35 heavy (non-hydrogen) atoms. The molecule has 174 valence electrons. The fourth-order valence-electron chi connectivity index (χ4n) is 4.25. The number of esters is 1. The highest BCUT2D eigenvalue weighted by Crippen LogP contribution is 2.39. The van der Waals surface area contributed by atoms with Crippen LogP contribution in [-0.2, 0) is 16.1 Å². The molecule has 1 atom stereocenters. The van der Waals surface area contributed by atoms with Crippen molar-refractivity contribution < 1.29 is 14.3 Å². The van der Waals surface area contributed by atoms with Gasteiger partial charge in [-0.15, -0.1) is 0 Å². The molecule has 0 radical (unpaired) electrons. The van der Waals surface area contributed by atoms with Crippen LogP contribution in [0.25, 0.3) is 11.1 Å². The maximum Gasteiger partial charge on any atom is 0.338 e. The highest BCUT2D eigenvalue weighted by Gasteiger charge is 2.36. The van der Waals surface area contributed by atoms with E-state index in [0.717, 1.165) is 22.3 Å². The van der Waals surface area contributed by atoms with Crippen molar-refractivity contribution in [3.63, 3.8) is 0 Å². The van der Waals surface area contributed by atoms with Crippen molar-refractivity contribution in [3.8, 4) is 11.1 Å². The van der Waals surface area contributed by atoms with Crippen LogP contribution in [0.1, 0.15) is 41.4 Å². The summed E-state index contributed by atoms with van der Waals surface area (Å²) in [5.41, 5.74) is 5.23. The van der Waals surface area contributed by atoms with E-state index in [0.29, 0.717) is 22.8 Å². The topological polar surface area (TPSA) is 99.0 Å². The number of Topliss-reactive ketones (excluding diaryl/α,β-unsaturated/α-hetero) is 1. The summed E-state index contributed by atoms with van der Waals surface area (Å²) in [6.45, 7) is 3.51. The van der Waals surface area contributed by atoms with Crippen LogP contribution >= 0.6 is 0 Å². The number of benzene rings is 3. The van der Waals surface area contributed by atoms with E-state index in [1.54, 1.807) is 16.8 Å². The summed E-state index contributed by atoms with van der Waals surface area (Å²) in [6, 6.07) is 24.1. The highest BCUT2D eigenvalue weighted by atomic mass is 16.5. The lowest BCUT2D eigenvalue weighted by molar-refractivity contribution is -0.140. The molecule has 0 saturated heterocycles. The average Bonchev–Trinajstić information content (AvgIpc) is 3.35. The summed E-state index contributed by atoms with van der Waals surface area (Å²) < 4.78 is 7.30. The molecule has 0 spiro atoms. The molecule has 1 N–H and O–H groups in total. The van der Waals surface area contributed by atoms with E-state index in [-0.39, 0.29) is 12.4 Å². The van der Waals surface area contributed by atoms with Crippen LogP contribution in [0.5, 0.6) is 0 Å². The molecular weight excluding hydrogens is 442 g/mol. The van der Waals surface area contributed by atoms with E-state index in [4.69, 9.17) is 4.74 Å². The fourth-order valence-corrected chi connectivity index (χ4v) is 4.25. The molecule has 0 aliphatic carbocycles. The Morgan fingerprint density at radius 1 is 0.971 bits per heavy atom. The zero-order chi connectivity index (χ0) is 24.4. The molecule has 0 amide bonds. The second-order valence-electron chi connectivity index (χ2n) is 8.30. The Balaban J connectivity index is 1.56. The third kappa shape index (κ3) is 4.33. The minimum Gasteiger partial charge on any atom is -0.457 e. The normalized spacial score (nSPS) is 14.7. The Labute approximate surface area is 202 Å². The van der Waals surface area contributed by atoms with Crippen molar-refractivity contribution in [2.45, 2.75) is 26.5 Å². The number of carbonyl (C=O) groups is 2. The SMILES string of the molecule is CC(=O)c1ccc(-c2ccccc2C2C(C(=O)OCc3ccccc3)=C(C)Nc3nnnn32)cc1. The predicted molar refractivity (Wildman–Crippen MR) is 130 cm³/mol. The minimum atomic E-state index is -0.604. The van der Waals surface area contributed by atoms with Gasteiger partial charge in [0.15, 0.2) is 5.78 Å². The first kappa shape index (κ1) is 22.2. The Hall–Kier alpha value is -4.59. The van der Waals surface area contributed by atoms with Gasteiger partial charge in [0.1, 0.15) is 12.6 Å². The number of fused-ring (bicyclic) bond motifs is 1. The summed E-state index contributed by atoms with van der Waals surface area (Å²) >= 11 is 0. The Morgan fingerprint density at radius 2 is 1.69 bits per heavy atom. The van der Waals surface area contributed by atoms with Crippen molar-refractivity contribution in [2.75, 3.05) is 5.32 Å². The molecule has 1 aliphatic rings. The number of ketones is 1.